The third kappa shape index (κ3) is 6.15. The number of rotatable bonds is 10. The molecule has 2 aromatic rings. The molecular weight excluding hydrogens is 550 g/mol. The van der Waals surface area contributed by atoms with Gasteiger partial charge in [-0.3, -0.25) is 14.2 Å². The van der Waals surface area contributed by atoms with Gasteiger partial charge in [-0.05, 0) is 75.8 Å². The molecule has 1 aromatic carbocycles. The smallest absolute Gasteiger partial charge is 0.150 e. The molecule has 6 rings (SSSR count). The zero-order valence-corrected chi connectivity index (χ0v) is 26.4. The Morgan fingerprint density at radius 1 is 1.21 bits per heavy atom. The standard InChI is InChI=1S/C34H48F2N4O3/c1-23-16-27-26(9-10-29-28(27)21-40(37-29)31-8-6-7-14-43-31)32(39(23)22-33(2,3)36)34(4)12-11-25(17-30(34)41-5)42-15-13-38-19-24(18-35)20-38/h9-12,17,21,23-24,30-32H,6-8,13-16,18-20,22H2,1-5H3/t23-,30?,31?,32+,34?/m1/s1. The van der Waals surface area contributed by atoms with E-state index in [1.54, 1.807) is 21.0 Å². The summed E-state index contributed by atoms with van der Waals surface area (Å²) in [7, 11) is 1.74. The molecule has 4 heterocycles. The summed E-state index contributed by atoms with van der Waals surface area (Å²) in [4.78, 5) is 4.56. The van der Waals surface area contributed by atoms with Gasteiger partial charge >= 0.3 is 0 Å². The van der Waals surface area contributed by atoms with E-state index in [2.05, 4.69) is 54.1 Å². The van der Waals surface area contributed by atoms with Gasteiger partial charge in [0.25, 0.3) is 0 Å². The van der Waals surface area contributed by atoms with E-state index in [-0.39, 0.29) is 37.0 Å². The lowest BCUT2D eigenvalue weighted by Crippen LogP contribution is -2.55. The normalized spacial score (nSPS) is 30.7. The van der Waals surface area contributed by atoms with Gasteiger partial charge < -0.3 is 14.2 Å². The number of hydrogen-bond donors (Lipinski definition) is 0. The van der Waals surface area contributed by atoms with E-state index in [9.17, 15) is 4.39 Å². The molecule has 7 nitrogen and oxygen atoms in total. The predicted octanol–water partition coefficient (Wildman–Crippen LogP) is 6.16. The second-order valence-electron chi connectivity index (χ2n) is 13.9. The highest BCUT2D eigenvalue weighted by Gasteiger charge is 2.49. The molecule has 0 radical (unpaired) electrons. The maximum atomic E-state index is 15.4. The van der Waals surface area contributed by atoms with Crippen LogP contribution < -0.4 is 0 Å². The summed E-state index contributed by atoms with van der Waals surface area (Å²) in [5.41, 5.74) is 1.60. The van der Waals surface area contributed by atoms with Gasteiger partial charge in [-0.2, -0.15) is 5.10 Å². The number of alkyl halides is 2. The lowest BCUT2D eigenvalue weighted by atomic mass is 9.67. The van der Waals surface area contributed by atoms with Crippen molar-refractivity contribution in [2.24, 2.45) is 11.3 Å². The monoisotopic (exact) mass is 598 g/mol. The summed E-state index contributed by atoms with van der Waals surface area (Å²) in [6.45, 7) is 11.5. The van der Waals surface area contributed by atoms with Crippen molar-refractivity contribution >= 4 is 10.9 Å². The Kier molecular flexibility index (Phi) is 8.72. The lowest BCUT2D eigenvalue weighted by molar-refractivity contribution is -0.0439. The van der Waals surface area contributed by atoms with Crippen LogP contribution in [0.1, 0.15) is 70.4 Å². The van der Waals surface area contributed by atoms with E-state index in [0.29, 0.717) is 13.2 Å². The van der Waals surface area contributed by atoms with E-state index in [1.165, 1.54) is 11.1 Å². The summed E-state index contributed by atoms with van der Waals surface area (Å²) >= 11 is 0. The quantitative estimate of drug-likeness (QED) is 0.326. The lowest BCUT2D eigenvalue weighted by Gasteiger charge is -2.52. The summed E-state index contributed by atoms with van der Waals surface area (Å²) in [6, 6.07) is 4.30. The number of allylic oxidation sites excluding steroid dienone is 1. The summed E-state index contributed by atoms with van der Waals surface area (Å²) in [5, 5.41) is 6.09. The number of aromatic nitrogens is 2. The molecule has 236 valence electrons. The van der Waals surface area contributed by atoms with Crippen molar-refractivity contribution < 1.29 is 23.0 Å². The van der Waals surface area contributed by atoms with Crippen LogP contribution in [0.4, 0.5) is 8.78 Å². The molecule has 0 N–H and O–H groups in total. The largest absolute Gasteiger partial charge is 0.493 e. The van der Waals surface area contributed by atoms with E-state index >= 15 is 4.39 Å². The molecule has 2 saturated heterocycles. The summed E-state index contributed by atoms with van der Waals surface area (Å²) in [6.07, 6.45) is 12.2. The Morgan fingerprint density at radius 2 is 2.02 bits per heavy atom. The SMILES string of the molecule is COC1C=C(OCCN2CC(CF)C2)C=CC1(C)[C@@H]1c2ccc3nn(C4CCCCO4)cc3c2C[C@@H](C)N1CC(C)(C)F. The number of fused-ring (bicyclic) bond motifs is 3. The molecule has 0 amide bonds. The van der Waals surface area contributed by atoms with Crippen molar-refractivity contribution in [1.29, 1.82) is 0 Å². The summed E-state index contributed by atoms with van der Waals surface area (Å²) in [5.74, 6) is 0.944. The highest BCUT2D eigenvalue weighted by molar-refractivity contribution is 5.84. The molecule has 3 unspecified atom stereocenters. The molecule has 1 aromatic heterocycles. The van der Waals surface area contributed by atoms with Crippen molar-refractivity contribution in [3.8, 4) is 0 Å². The first kappa shape index (κ1) is 30.7. The molecule has 0 spiro atoms. The third-order valence-corrected chi connectivity index (χ3v) is 9.86. The van der Waals surface area contributed by atoms with Gasteiger partial charge in [-0.1, -0.05) is 19.1 Å². The fraction of sp³-hybridized carbons (Fsp3) is 0.676. The van der Waals surface area contributed by atoms with Crippen LogP contribution in [0.3, 0.4) is 0 Å². The Morgan fingerprint density at radius 3 is 2.72 bits per heavy atom. The van der Waals surface area contributed by atoms with E-state index in [1.807, 2.05) is 10.8 Å². The molecule has 0 bridgehead atoms. The number of nitrogens with zero attached hydrogens (tertiary/aromatic N) is 4. The van der Waals surface area contributed by atoms with Crippen LogP contribution in [-0.2, 0) is 20.6 Å². The molecule has 43 heavy (non-hydrogen) atoms. The van der Waals surface area contributed by atoms with Gasteiger partial charge in [-0.15, -0.1) is 0 Å². The maximum absolute atomic E-state index is 15.4. The topological polar surface area (TPSA) is 52.0 Å². The van der Waals surface area contributed by atoms with Gasteiger partial charge in [0.2, 0.25) is 0 Å². The zero-order valence-electron chi connectivity index (χ0n) is 26.4. The van der Waals surface area contributed by atoms with E-state index in [4.69, 9.17) is 19.3 Å². The second kappa shape index (κ2) is 12.2. The molecule has 4 aliphatic rings. The van der Waals surface area contributed by atoms with Gasteiger partial charge in [0.05, 0.1) is 18.3 Å². The second-order valence-corrected chi connectivity index (χ2v) is 13.9. The van der Waals surface area contributed by atoms with Crippen molar-refractivity contribution in [1.82, 2.24) is 19.6 Å². The molecule has 1 aliphatic carbocycles. The Labute approximate surface area is 254 Å². The molecule has 2 fully saturated rings. The fourth-order valence-corrected chi connectivity index (χ4v) is 7.62. The van der Waals surface area contributed by atoms with Gasteiger partial charge in [0.15, 0.2) is 0 Å². The molecule has 3 aliphatic heterocycles. The average Bonchev–Trinajstić information content (AvgIpc) is 3.40. The number of hydrogen-bond acceptors (Lipinski definition) is 6. The molecule has 0 saturated carbocycles. The molecule has 9 heteroatoms. The first-order valence-corrected chi connectivity index (χ1v) is 16.0. The first-order chi connectivity index (χ1) is 20.6. The number of benzene rings is 1. The van der Waals surface area contributed by atoms with Crippen LogP contribution in [-0.4, -0.2) is 90.6 Å². The third-order valence-electron chi connectivity index (χ3n) is 9.86. The Bertz CT molecular complexity index is 1340. The summed E-state index contributed by atoms with van der Waals surface area (Å²) < 4.78 is 48.6. The van der Waals surface area contributed by atoms with Crippen LogP contribution >= 0.6 is 0 Å². The highest BCUT2D eigenvalue weighted by atomic mass is 19.1. The fourth-order valence-electron chi connectivity index (χ4n) is 7.62. The van der Waals surface area contributed by atoms with Crippen LogP contribution in [0.15, 0.2) is 42.3 Å². The molecular formula is C34H48F2N4O3. The minimum Gasteiger partial charge on any atom is -0.493 e. The van der Waals surface area contributed by atoms with Crippen molar-refractivity contribution in [2.45, 2.75) is 83.5 Å². The van der Waals surface area contributed by atoms with Crippen LogP contribution in [0.5, 0.6) is 0 Å². The average molecular weight is 599 g/mol. The number of ether oxygens (including phenoxy) is 3. The van der Waals surface area contributed by atoms with Gasteiger partial charge in [-0.25, -0.2) is 9.07 Å². The highest BCUT2D eigenvalue weighted by Crippen LogP contribution is 2.51. The van der Waals surface area contributed by atoms with Crippen molar-refractivity contribution in [3.63, 3.8) is 0 Å². The minimum absolute atomic E-state index is 0.0242. The Hall–Kier alpha value is -2.33. The van der Waals surface area contributed by atoms with Crippen LogP contribution in [0.25, 0.3) is 10.9 Å². The van der Waals surface area contributed by atoms with Crippen LogP contribution in [0, 0.1) is 11.3 Å². The van der Waals surface area contributed by atoms with E-state index in [0.717, 1.165) is 68.6 Å². The van der Waals surface area contributed by atoms with Gasteiger partial charge in [0, 0.05) is 74.9 Å². The number of likely N-dealkylation sites (tertiary alicyclic amines) is 1. The number of halogens is 2. The minimum atomic E-state index is -1.36. The molecule has 5 atom stereocenters. The number of methoxy groups -OCH3 is 1. The maximum Gasteiger partial charge on any atom is 0.150 e. The van der Waals surface area contributed by atoms with E-state index < -0.39 is 11.1 Å². The van der Waals surface area contributed by atoms with Gasteiger partial charge in [0.1, 0.15) is 24.3 Å². The zero-order chi connectivity index (χ0) is 30.4. The first-order valence-electron chi connectivity index (χ1n) is 16.0. The predicted molar refractivity (Wildman–Crippen MR) is 164 cm³/mol. The van der Waals surface area contributed by atoms with Crippen molar-refractivity contribution in [2.75, 3.05) is 53.2 Å². The van der Waals surface area contributed by atoms with Crippen LogP contribution in [0.2, 0.25) is 0 Å². The Balaban J connectivity index is 1.31. The van der Waals surface area contributed by atoms with Crippen molar-refractivity contribution in [3.05, 3.63) is 53.4 Å².